The molecule has 0 fully saturated rings. The standard InChI is InChI=1S/C52H30N4O2/c1-3-13-32(14-4-1)47-40-30-29-37-36-20-11-19-35(48(36)58-49(37)46(40)38-17-7-9-22-42(38)53-47)31-25-27-34(28-26-31)51-54-50(33-15-5-2-6-16-33)55-52(56-51)41-21-12-24-44-45(41)39-18-8-10-23-43(39)57-44/h1-30H. The molecule has 4 heterocycles. The summed E-state index contributed by atoms with van der Waals surface area (Å²) in [7, 11) is 0. The fourth-order valence-corrected chi connectivity index (χ4v) is 8.43. The van der Waals surface area contributed by atoms with Crippen molar-refractivity contribution in [2.45, 2.75) is 0 Å². The molecule has 0 N–H and O–H groups in total. The third-order valence-electron chi connectivity index (χ3n) is 11.1. The van der Waals surface area contributed by atoms with Gasteiger partial charge in [0, 0.05) is 65.5 Å². The zero-order chi connectivity index (χ0) is 38.2. The second-order valence-corrected chi connectivity index (χ2v) is 14.5. The lowest BCUT2D eigenvalue weighted by Gasteiger charge is -2.10. The van der Waals surface area contributed by atoms with Crippen molar-refractivity contribution in [2.75, 3.05) is 0 Å². The van der Waals surface area contributed by atoms with E-state index in [-0.39, 0.29) is 0 Å². The number of hydrogen-bond donors (Lipinski definition) is 0. The number of fused-ring (bicyclic) bond motifs is 10. The molecule has 0 atom stereocenters. The van der Waals surface area contributed by atoms with Crippen LogP contribution in [0.4, 0.5) is 0 Å². The minimum absolute atomic E-state index is 0.586. The predicted octanol–water partition coefficient (Wildman–Crippen LogP) is 13.7. The molecule has 0 bridgehead atoms. The van der Waals surface area contributed by atoms with Gasteiger partial charge in [-0.15, -0.1) is 0 Å². The molecule has 270 valence electrons. The van der Waals surface area contributed by atoms with Crippen molar-refractivity contribution in [3.05, 3.63) is 182 Å². The molecule has 6 nitrogen and oxygen atoms in total. The number of furan rings is 2. The topological polar surface area (TPSA) is 77.8 Å². The minimum atomic E-state index is 0.586. The van der Waals surface area contributed by atoms with Crippen molar-refractivity contribution in [2.24, 2.45) is 0 Å². The average Bonchev–Trinajstić information content (AvgIpc) is 3.88. The van der Waals surface area contributed by atoms with E-state index >= 15 is 0 Å². The summed E-state index contributed by atoms with van der Waals surface area (Å²) in [5.74, 6) is 1.78. The van der Waals surface area contributed by atoms with Gasteiger partial charge in [0.2, 0.25) is 0 Å². The van der Waals surface area contributed by atoms with E-state index in [9.17, 15) is 0 Å². The van der Waals surface area contributed by atoms with Crippen molar-refractivity contribution >= 4 is 65.6 Å². The smallest absolute Gasteiger partial charge is 0.164 e. The van der Waals surface area contributed by atoms with E-state index in [2.05, 4.69) is 109 Å². The molecule has 8 aromatic carbocycles. The summed E-state index contributed by atoms with van der Waals surface area (Å²) in [5, 5.41) is 7.34. The Kier molecular flexibility index (Phi) is 7.13. The zero-order valence-electron chi connectivity index (χ0n) is 30.9. The summed E-state index contributed by atoms with van der Waals surface area (Å²) in [6.45, 7) is 0. The molecule has 0 aliphatic carbocycles. The minimum Gasteiger partial charge on any atom is -0.456 e. The monoisotopic (exact) mass is 742 g/mol. The van der Waals surface area contributed by atoms with Gasteiger partial charge in [0.25, 0.3) is 0 Å². The number of nitrogens with zero attached hydrogens (tertiary/aromatic N) is 4. The van der Waals surface area contributed by atoms with E-state index in [4.69, 9.17) is 28.8 Å². The summed E-state index contributed by atoms with van der Waals surface area (Å²) in [6, 6.07) is 62.0. The highest BCUT2D eigenvalue weighted by Crippen LogP contribution is 2.43. The molecule has 0 unspecified atom stereocenters. The summed E-state index contributed by atoms with van der Waals surface area (Å²) in [4.78, 5) is 20.3. The van der Waals surface area contributed by atoms with Crippen LogP contribution in [-0.4, -0.2) is 19.9 Å². The molecule has 58 heavy (non-hydrogen) atoms. The van der Waals surface area contributed by atoms with Gasteiger partial charge in [0.05, 0.1) is 11.2 Å². The Labute approximate surface area is 331 Å². The molecular weight excluding hydrogens is 713 g/mol. The Morgan fingerprint density at radius 2 is 0.862 bits per heavy atom. The van der Waals surface area contributed by atoms with Gasteiger partial charge in [0.1, 0.15) is 22.3 Å². The average molecular weight is 743 g/mol. The van der Waals surface area contributed by atoms with Crippen molar-refractivity contribution in [1.29, 1.82) is 0 Å². The van der Waals surface area contributed by atoms with Crippen LogP contribution in [0.5, 0.6) is 0 Å². The molecule has 0 radical (unpaired) electrons. The molecule has 4 aromatic heterocycles. The van der Waals surface area contributed by atoms with Gasteiger partial charge >= 0.3 is 0 Å². The molecular formula is C52H30N4O2. The van der Waals surface area contributed by atoms with E-state index in [1.165, 1.54) is 0 Å². The first-order valence-electron chi connectivity index (χ1n) is 19.3. The third-order valence-corrected chi connectivity index (χ3v) is 11.1. The lowest BCUT2D eigenvalue weighted by atomic mass is 9.97. The van der Waals surface area contributed by atoms with Gasteiger partial charge in [-0.05, 0) is 29.8 Å². The quantitative estimate of drug-likeness (QED) is 0.163. The number of aromatic nitrogens is 4. The van der Waals surface area contributed by atoms with E-state index in [1.54, 1.807) is 0 Å². The molecule has 0 aliphatic heterocycles. The number of hydrogen-bond acceptors (Lipinski definition) is 6. The van der Waals surface area contributed by atoms with Crippen LogP contribution < -0.4 is 0 Å². The second-order valence-electron chi connectivity index (χ2n) is 14.5. The fourth-order valence-electron chi connectivity index (χ4n) is 8.43. The van der Waals surface area contributed by atoms with Crippen LogP contribution in [0.15, 0.2) is 191 Å². The van der Waals surface area contributed by atoms with Crippen LogP contribution in [0, 0.1) is 0 Å². The summed E-state index contributed by atoms with van der Waals surface area (Å²) >= 11 is 0. The van der Waals surface area contributed by atoms with Crippen LogP contribution >= 0.6 is 0 Å². The molecule has 12 aromatic rings. The first kappa shape index (κ1) is 32.3. The Balaban J connectivity index is 1.01. The fraction of sp³-hybridized carbons (Fsp3) is 0. The largest absolute Gasteiger partial charge is 0.456 e. The maximum absolute atomic E-state index is 6.99. The Morgan fingerprint density at radius 3 is 1.67 bits per heavy atom. The van der Waals surface area contributed by atoms with Crippen LogP contribution in [0.25, 0.3) is 122 Å². The first-order chi connectivity index (χ1) is 28.7. The first-order valence-corrected chi connectivity index (χ1v) is 19.3. The Hall–Kier alpha value is -7.96. The lowest BCUT2D eigenvalue weighted by molar-refractivity contribution is 0.669. The Bertz CT molecular complexity index is 3560. The van der Waals surface area contributed by atoms with Gasteiger partial charge in [0.15, 0.2) is 17.5 Å². The number of rotatable bonds is 5. The van der Waals surface area contributed by atoms with E-state index in [1.807, 2.05) is 72.8 Å². The van der Waals surface area contributed by atoms with Crippen molar-refractivity contribution in [1.82, 2.24) is 19.9 Å². The van der Waals surface area contributed by atoms with Crippen LogP contribution in [-0.2, 0) is 0 Å². The van der Waals surface area contributed by atoms with Gasteiger partial charge in [-0.3, -0.25) is 0 Å². The van der Waals surface area contributed by atoms with E-state index in [0.717, 1.165) is 105 Å². The van der Waals surface area contributed by atoms with Crippen LogP contribution in [0.2, 0.25) is 0 Å². The van der Waals surface area contributed by atoms with Crippen molar-refractivity contribution in [3.8, 4) is 56.5 Å². The maximum Gasteiger partial charge on any atom is 0.164 e. The predicted molar refractivity (Wildman–Crippen MR) is 234 cm³/mol. The Morgan fingerprint density at radius 1 is 0.293 bits per heavy atom. The molecule has 0 aliphatic rings. The maximum atomic E-state index is 6.99. The highest BCUT2D eigenvalue weighted by molar-refractivity contribution is 6.25. The molecule has 0 saturated carbocycles. The molecule has 6 heteroatoms. The van der Waals surface area contributed by atoms with Crippen LogP contribution in [0.3, 0.4) is 0 Å². The molecule has 0 saturated heterocycles. The van der Waals surface area contributed by atoms with Gasteiger partial charge in [-0.2, -0.15) is 0 Å². The number of pyridine rings is 1. The second kappa shape index (κ2) is 12.8. The van der Waals surface area contributed by atoms with Gasteiger partial charge in [-0.1, -0.05) is 158 Å². The lowest BCUT2D eigenvalue weighted by Crippen LogP contribution is -2.00. The molecule has 0 spiro atoms. The summed E-state index contributed by atoms with van der Waals surface area (Å²) in [5.41, 5.74) is 11.0. The van der Waals surface area contributed by atoms with E-state index < -0.39 is 0 Å². The van der Waals surface area contributed by atoms with E-state index in [0.29, 0.717) is 17.5 Å². The molecule has 0 amide bonds. The van der Waals surface area contributed by atoms with Gasteiger partial charge in [-0.25, -0.2) is 19.9 Å². The summed E-state index contributed by atoms with van der Waals surface area (Å²) < 4.78 is 13.2. The summed E-state index contributed by atoms with van der Waals surface area (Å²) in [6.07, 6.45) is 0. The van der Waals surface area contributed by atoms with Crippen LogP contribution in [0.1, 0.15) is 0 Å². The van der Waals surface area contributed by atoms with Crippen molar-refractivity contribution in [3.63, 3.8) is 0 Å². The normalized spacial score (nSPS) is 11.8. The SMILES string of the molecule is c1ccc(-c2nc(-c3ccc(-c4cccc5c4oc4c5ccc5c(-c6ccccc6)nc6ccccc6c54)cc3)nc(-c3cccc4oc5ccccc5c34)n2)cc1. The third kappa shape index (κ3) is 5.05. The van der Waals surface area contributed by atoms with Crippen molar-refractivity contribution < 1.29 is 8.83 Å². The number of benzene rings is 8. The highest BCUT2D eigenvalue weighted by Gasteiger charge is 2.21. The highest BCUT2D eigenvalue weighted by atomic mass is 16.3. The zero-order valence-corrected chi connectivity index (χ0v) is 30.9. The number of para-hydroxylation sites is 3. The van der Waals surface area contributed by atoms with Gasteiger partial charge < -0.3 is 8.83 Å². The molecule has 12 rings (SSSR count).